The first kappa shape index (κ1) is 11.2. The molecule has 1 heterocycles. The lowest BCUT2D eigenvalue weighted by atomic mass is 10.1. The number of aromatic amines is 1. The van der Waals surface area contributed by atoms with Crippen molar-refractivity contribution in [2.24, 2.45) is 5.92 Å². The Kier molecular flexibility index (Phi) is 3.45. The molecule has 0 fully saturated rings. The van der Waals surface area contributed by atoms with Gasteiger partial charge in [-0.25, -0.2) is 4.79 Å². The number of rotatable bonds is 3. The molecular weight excluding hydrogens is 194 g/mol. The van der Waals surface area contributed by atoms with Crippen molar-refractivity contribution in [3.05, 3.63) is 32.6 Å². The third-order valence-corrected chi connectivity index (χ3v) is 2.08. The van der Waals surface area contributed by atoms with Crippen molar-refractivity contribution in [1.29, 1.82) is 5.26 Å². The van der Waals surface area contributed by atoms with Crippen LogP contribution in [0, 0.1) is 17.2 Å². The summed E-state index contributed by atoms with van der Waals surface area (Å²) >= 11 is 0. The summed E-state index contributed by atoms with van der Waals surface area (Å²) in [5.41, 5.74) is -1.11. The lowest BCUT2D eigenvalue weighted by molar-refractivity contribution is 0.501. The van der Waals surface area contributed by atoms with Crippen LogP contribution in [0.3, 0.4) is 0 Å². The van der Waals surface area contributed by atoms with Gasteiger partial charge in [-0.1, -0.05) is 13.8 Å². The number of hydrogen-bond acceptors (Lipinski definition) is 3. The van der Waals surface area contributed by atoms with Crippen LogP contribution in [0.15, 0.2) is 15.8 Å². The Labute approximate surface area is 87.0 Å². The lowest BCUT2D eigenvalue weighted by Crippen LogP contribution is -2.31. The summed E-state index contributed by atoms with van der Waals surface area (Å²) < 4.78 is 1.36. The van der Waals surface area contributed by atoms with E-state index in [1.165, 1.54) is 10.8 Å². The molecule has 0 bridgehead atoms. The molecular formula is C10H13N3O2. The van der Waals surface area contributed by atoms with Gasteiger partial charge in [0.1, 0.15) is 11.6 Å². The molecule has 0 aliphatic carbocycles. The van der Waals surface area contributed by atoms with Gasteiger partial charge in [-0.2, -0.15) is 5.26 Å². The van der Waals surface area contributed by atoms with Crippen molar-refractivity contribution < 1.29 is 0 Å². The van der Waals surface area contributed by atoms with Crippen LogP contribution in [-0.4, -0.2) is 9.55 Å². The zero-order valence-electron chi connectivity index (χ0n) is 8.78. The van der Waals surface area contributed by atoms with Gasteiger partial charge in [0, 0.05) is 12.7 Å². The predicted molar refractivity (Wildman–Crippen MR) is 55.5 cm³/mol. The summed E-state index contributed by atoms with van der Waals surface area (Å²) in [6, 6.07) is 1.75. The van der Waals surface area contributed by atoms with E-state index in [1.54, 1.807) is 6.07 Å². The van der Waals surface area contributed by atoms with Crippen molar-refractivity contribution in [3.8, 4) is 6.07 Å². The summed E-state index contributed by atoms with van der Waals surface area (Å²) in [4.78, 5) is 24.5. The van der Waals surface area contributed by atoms with Gasteiger partial charge in [-0.15, -0.1) is 0 Å². The summed E-state index contributed by atoms with van der Waals surface area (Å²) in [7, 11) is 0. The second-order valence-electron chi connectivity index (χ2n) is 3.79. The van der Waals surface area contributed by atoms with Crippen molar-refractivity contribution in [2.75, 3.05) is 0 Å². The van der Waals surface area contributed by atoms with Crippen LogP contribution in [0.1, 0.15) is 25.8 Å². The van der Waals surface area contributed by atoms with E-state index in [-0.39, 0.29) is 5.56 Å². The van der Waals surface area contributed by atoms with Crippen LogP contribution in [0.25, 0.3) is 0 Å². The first-order valence-corrected chi connectivity index (χ1v) is 4.78. The minimum atomic E-state index is -0.622. The van der Waals surface area contributed by atoms with Gasteiger partial charge >= 0.3 is 5.69 Å². The highest BCUT2D eigenvalue weighted by Crippen LogP contribution is 2.00. The Morgan fingerprint density at radius 3 is 2.73 bits per heavy atom. The van der Waals surface area contributed by atoms with E-state index in [0.29, 0.717) is 12.5 Å². The van der Waals surface area contributed by atoms with Gasteiger partial charge in [-0.05, 0) is 12.3 Å². The normalized spacial score (nSPS) is 10.3. The first-order valence-electron chi connectivity index (χ1n) is 4.78. The molecule has 1 rings (SSSR count). The van der Waals surface area contributed by atoms with Gasteiger partial charge in [0.25, 0.3) is 5.56 Å². The van der Waals surface area contributed by atoms with Crippen LogP contribution < -0.4 is 11.2 Å². The first-order chi connectivity index (χ1) is 7.04. The maximum atomic E-state index is 11.3. The molecule has 1 aromatic rings. The topological polar surface area (TPSA) is 78.7 Å². The van der Waals surface area contributed by atoms with E-state index in [1.807, 2.05) is 13.8 Å². The van der Waals surface area contributed by atoms with Crippen molar-refractivity contribution in [3.63, 3.8) is 0 Å². The number of hydrogen-bond donors (Lipinski definition) is 1. The van der Waals surface area contributed by atoms with Crippen LogP contribution >= 0.6 is 0 Å². The molecule has 0 spiro atoms. The average Bonchev–Trinajstić information content (AvgIpc) is 2.16. The van der Waals surface area contributed by atoms with Crippen LogP contribution in [-0.2, 0) is 6.54 Å². The smallest absolute Gasteiger partial charge is 0.299 e. The molecule has 0 aliphatic heterocycles. The standard InChI is InChI=1S/C10H13N3O2/c1-7(2)3-4-13-6-8(5-11)9(14)12-10(13)15/h6-7H,3-4H2,1-2H3,(H,12,14,15). The summed E-state index contributed by atoms with van der Waals surface area (Å²) in [6.07, 6.45) is 2.14. The van der Waals surface area contributed by atoms with E-state index in [4.69, 9.17) is 5.26 Å². The van der Waals surface area contributed by atoms with E-state index >= 15 is 0 Å². The number of H-pyrrole nitrogens is 1. The Morgan fingerprint density at radius 2 is 2.20 bits per heavy atom. The molecule has 0 atom stereocenters. The maximum absolute atomic E-state index is 11.3. The van der Waals surface area contributed by atoms with Crippen molar-refractivity contribution in [1.82, 2.24) is 9.55 Å². The fourth-order valence-corrected chi connectivity index (χ4v) is 1.15. The van der Waals surface area contributed by atoms with Crippen LogP contribution in [0.5, 0.6) is 0 Å². The molecule has 0 saturated heterocycles. The average molecular weight is 207 g/mol. The number of nitrogens with zero attached hydrogens (tertiary/aromatic N) is 2. The number of aryl methyl sites for hydroxylation is 1. The van der Waals surface area contributed by atoms with Crippen molar-refractivity contribution >= 4 is 0 Å². The zero-order chi connectivity index (χ0) is 11.4. The van der Waals surface area contributed by atoms with Gasteiger partial charge < -0.3 is 0 Å². The maximum Gasteiger partial charge on any atom is 0.328 e. The molecule has 0 aromatic carbocycles. The van der Waals surface area contributed by atoms with Gasteiger partial charge in [0.2, 0.25) is 0 Å². The Balaban J connectivity index is 3.05. The van der Waals surface area contributed by atoms with E-state index in [9.17, 15) is 9.59 Å². The summed E-state index contributed by atoms with van der Waals surface area (Å²) in [5.74, 6) is 0.467. The van der Waals surface area contributed by atoms with Crippen molar-refractivity contribution in [2.45, 2.75) is 26.8 Å². The molecule has 1 aromatic heterocycles. The molecule has 0 aliphatic rings. The highest BCUT2D eigenvalue weighted by Gasteiger charge is 2.04. The number of nitrogens with one attached hydrogen (secondary N) is 1. The Hall–Kier alpha value is -1.83. The number of aromatic nitrogens is 2. The minimum Gasteiger partial charge on any atom is -0.299 e. The second-order valence-corrected chi connectivity index (χ2v) is 3.79. The second kappa shape index (κ2) is 4.60. The highest BCUT2D eigenvalue weighted by atomic mass is 16.2. The van der Waals surface area contributed by atoms with E-state index in [2.05, 4.69) is 4.98 Å². The third kappa shape index (κ3) is 2.81. The fourth-order valence-electron chi connectivity index (χ4n) is 1.15. The number of nitriles is 1. The molecule has 0 amide bonds. The van der Waals surface area contributed by atoms with Crippen LogP contribution in [0.2, 0.25) is 0 Å². The molecule has 1 N–H and O–H groups in total. The molecule has 80 valence electrons. The van der Waals surface area contributed by atoms with Gasteiger partial charge in [0.05, 0.1) is 0 Å². The van der Waals surface area contributed by atoms with Gasteiger partial charge in [-0.3, -0.25) is 14.3 Å². The largest absolute Gasteiger partial charge is 0.328 e. The predicted octanol–water partition coefficient (Wildman–Crippen LogP) is 0.454. The SMILES string of the molecule is CC(C)CCn1cc(C#N)c(=O)[nH]c1=O. The minimum absolute atomic E-state index is 0.0293. The molecule has 5 nitrogen and oxygen atoms in total. The molecule has 0 unspecified atom stereocenters. The van der Waals surface area contributed by atoms with E-state index in [0.717, 1.165) is 6.42 Å². The Bertz CT molecular complexity index is 491. The van der Waals surface area contributed by atoms with E-state index < -0.39 is 11.2 Å². The molecule has 15 heavy (non-hydrogen) atoms. The fraction of sp³-hybridized carbons (Fsp3) is 0.500. The quantitative estimate of drug-likeness (QED) is 0.781. The lowest BCUT2D eigenvalue weighted by Gasteiger charge is -2.06. The highest BCUT2D eigenvalue weighted by molar-refractivity contribution is 5.21. The molecule has 0 radical (unpaired) electrons. The molecule has 0 saturated carbocycles. The zero-order valence-corrected chi connectivity index (χ0v) is 8.78. The van der Waals surface area contributed by atoms with Crippen LogP contribution in [0.4, 0.5) is 0 Å². The van der Waals surface area contributed by atoms with Gasteiger partial charge in [0.15, 0.2) is 0 Å². The molecule has 5 heteroatoms. The summed E-state index contributed by atoms with van der Waals surface area (Å²) in [5, 5.41) is 8.63. The monoisotopic (exact) mass is 207 g/mol. The summed E-state index contributed by atoms with van der Waals surface area (Å²) in [6.45, 7) is 4.60. The Morgan fingerprint density at radius 1 is 1.53 bits per heavy atom. The third-order valence-electron chi connectivity index (χ3n) is 2.08.